The quantitative estimate of drug-likeness (QED) is 0.881. The average molecular weight is 362 g/mol. The first-order valence-electron chi connectivity index (χ1n) is 9.36. The molecule has 3 aliphatic rings. The Labute approximate surface area is 155 Å². The molecule has 5 rings (SSSR count). The molecule has 2 aromatic rings. The molecule has 4 heterocycles. The van der Waals surface area contributed by atoms with E-state index in [0.29, 0.717) is 6.04 Å². The second kappa shape index (κ2) is 7.28. The van der Waals surface area contributed by atoms with Gasteiger partial charge in [0.2, 0.25) is 0 Å². The Morgan fingerprint density at radius 3 is 2.96 bits per heavy atom. The standard InChI is InChI=1S/C20H28ClN3O/c1-14-18-9-16(21)4-6-19(18)22-20(14)13-23-10-15-3-5-17(12-23)24(11-15)7-8-25-2/h4,6,9,15,17,22H,3,5,7-8,10-13H2,1-2H3/t15-,17+/m0/s1. The zero-order valence-electron chi connectivity index (χ0n) is 15.2. The number of aromatic nitrogens is 1. The lowest BCUT2D eigenvalue weighted by atomic mass is 9.95. The monoisotopic (exact) mass is 361 g/mol. The lowest BCUT2D eigenvalue weighted by Gasteiger charge is -2.35. The number of rotatable bonds is 5. The smallest absolute Gasteiger partial charge is 0.0589 e. The summed E-state index contributed by atoms with van der Waals surface area (Å²) in [4.78, 5) is 8.92. The van der Waals surface area contributed by atoms with Gasteiger partial charge in [-0.15, -0.1) is 0 Å². The van der Waals surface area contributed by atoms with Crippen LogP contribution in [0.4, 0.5) is 0 Å². The van der Waals surface area contributed by atoms with E-state index in [0.717, 1.165) is 37.2 Å². The molecule has 0 spiro atoms. The summed E-state index contributed by atoms with van der Waals surface area (Å²) in [6.07, 6.45) is 2.69. The van der Waals surface area contributed by atoms with Gasteiger partial charge in [0, 0.05) is 67.5 Å². The highest BCUT2D eigenvalue weighted by atomic mass is 35.5. The number of methoxy groups -OCH3 is 1. The number of hydrogen-bond acceptors (Lipinski definition) is 3. The highest BCUT2D eigenvalue weighted by Crippen LogP contribution is 2.30. The molecule has 0 amide bonds. The Hall–Kier alpha value is -1.07. The number of fused-ring (bicyclic) bond motifs is 5. The fourth-order valence-corrected chi connectivity index (χ4v) is 4.80. The molecule has 136 valence electrons. The van der Waals surface area contributed by atoms with E-state index in [-0.39, 0.29) is 0 Å². The van der Waals surface area contributed by atoms with Gasteiger partial charge < -0.3 is 9.72 Å². The van der Waals surface area contributed by atoms with Crippen LogP contribution in [0.5, 0.6) is 0 Å². The Bertz CT molecular complexity index is 744. The van der Waals surface area contributed by atoms with Crippen LogP contribution in [0.3, 0.4) is 0 Å². The Kier molecular flexibility index (Phi) is 5.05. The minimum Gasteiger partial charge on any atom is -0.383 e. The van der Waals surface area contributed by atoms with Crippen LogP contribution in [0.15, 0.2) is 18.2 Å². The molecule has 2 bridgehead atoms. The maximum absolute atomic E-state index is 6.18. The highest BCUT2D eigenvalue weighted by Gasteiger charge is 2.34. The van der Waals surface area contributed by atoms with Crippen LogP contribution < -0.4 is 0 Å². The number of aryl methyl sites for hydroxylation is 1. The van der Waals surface area contributed by atoms with Crippen LogP contribution in [0.25, 0.3) is 10.9 Å². The third-order valence-electron chi connectivity index (χ3n) is 5.99. The summed E-state index contributed by atoms with van der Waals surface area (Å²) in [7, 11) is 1.80. The fourth-order valence-electron chi connectivity index (χ4n) is 4.62. The first-order chi connectivity index (χ1) is 12.1. The normalized spacial score (nSPS) is 24.9. The largest absolute Gasteiger partial charge is 0.383 e. The van der Waals surface area contributed by atoms with Crippen LogP contribution in [0.2, 0.25) is 5.02 Å². The van der Waals surface area contributed by atoms with Gasteiger partial charge in [0.05, 0.1) is 6.61 Å². The van der Waals surface area contributed by atoms with Crippen molar-refractivity contribution in [3.8, 4) is 0 Å². The van der Waals surface area contributed by atoms with Gasteiger partial charge in [-0.3, -0.25) is 9.80 Å². The number of piperidine rings is 1. The molecule has 1 aromatic carbocycles. The summed E-state index contributed by atoms with van der Waals surface area (Å²) in [6, 6.07) is 6.80. The summed E-state index contributed by atoms with van der Waals surface area (Å²) >= 11 is 6.18. The Balaban J connectivity index is 1.51. The Morgan fingerprint density at radius 2 is 2.12 bits per heavy atom. The molecule has 3 fully saturated rings. The number of nitrogens with zero attached hydrogens (tertiary/aromatic N) is 2. The van der Waals surface area contributed by atoms with Crippen molar-refractivity contribution in [1.29, 1.82) is 0 Å². The molecule has 3 saturated heterocycles. The maximum Gasteiger partial charge on any atom is 0.0589 e. The van der Waals surface area contributed by atoms with Gasteiger partial charge in [-0.05, 0) is 49.4 Å². The molecular formula is C20H28ClN3O. The first-order valence-corrected chi connectivity index (χ1v) is 9.74. The predicted molar refractivity (Wildman–Crippen MR) is 103 cm³/mol. The minimum absolute atomic E-state index is 0.674. The summed E-state index contributed by atoms with van der Waals surface area (Å²) in [5.41, 5.74) is 3.86. The topological polar surface area (TPSA) is 31.5 Å². The fraction of sp³-hybridized carbons (Fsp3) is 0.600. The van der Waals surface area contributed by atoms with Crippen molar-refractivity contribution in [3.63, 3.8) is 0 Å². The molecule has 3 aliphatic heterocycles. The van der Waals surface area contributed by atoms with Crippen molar-refractivity contribution in [1.82, 2.24) is 14.8 Å². The molecule has 2 atom stereocenters. The summed E-state index contributed by atoms with van der Waals surface area (Å²) in [5, 5.41) is 2.06. The molecule has 0 radical (unpaired) electrons. The van der Waals surface area contributed by atoms with Gasteiger partial charge in [-0.1, -0.05) is 11.6 Å². The van der Waals surface area contributed by atoms with Crippen molar-refractivity contribution in [2.75, 3.05) is 39.9 Å². The van der Waals surface area contributed by atoms with E-state index in [1.54, 1.807) is 7.11 Å². The molecule has 4 nitrogen and oxygen atoms in total. The van der Waals surface area contributed by atoms with Gasteiger partial charge in [0.15, 0.2) is 0 Å². The van der Waals surface area contributed by atoms with Crippen molar-refractivity contribution in [2.45, 2.75) is 32.4 Å². The second-order valence-electron chi connectivity index (χ2n) is 7.70. The maximum atomic E-state index is 6.18. The van der Waals surface area contributed by atoms with E-state index in [1.807, 2.05) is 6.07 Å². The zero-order chi connectivity index (χ0) is 17.4. The number of nitrogens with one attached hydrogen (secondary N) is 1. The van der Waals surface area contributed by atoms with Crippen molar-refractivity contribution < 1.29 is 4.74 Å². The Morgan fingerprint density at radius 1 is 1.24 bits per heavy atom. The summed E-state index contributed by atoms with van der Waals surface area (Å²) < 4.78 is 5.30. The van der Waals surface area contributed by atoms with Crippen LogP contribution in [-0.2, 0) is 11.3 Å². The number of halogens is 1. The molecule has 5 heteroatoms. The van der Waals surface area contributed by atoms with Gasteiger partial charge in [0.1, 0.15) is 0 Å². The van der Waals surface area contributed by atoms with E-state index in [1.165, 1.54) is 48.1 Å². The van der Waals surface area contributed by atoms with Crippen molar-refractivity contribution in [3.05, 3.63) is 34.5 Å². The number of aromatic amines is 1. The predicted octanol–water partition coefficient (Wildman–Crippen LogP) is 3.67. The highest BCUT2D eigenvalue weighted by molar-refractivity contribution is 6.31. The number of ether oxygens (including phenoxy) is 1. The molecule has 0 aliphatic carbocycles. The molecule has 1 N–H and O–H groups in total. The van der Waals surface area contributed by atoms with Gasteiger partial charge in [0.25, 0.3) is 0 Å². The van der Waals surface area contributed by atoms with Crippen LogP contribution >= 0.6 is 11.6 Å². The molecular weight excluding hydrogens is 334 g/mol. The SMILES string of the molecule is COCCN1C[C@H]2CC[C@@H]1CN(Cc1[nH]c3ccc(Cl)cc3c1C)C2. The number of benzene rings is 1. The molecule has 1 aromatic heterocycles. The number of H-pyrrole nitrogens is 1. The van der Waals surface area contributed by atoms with E-state index >= 15 is 0 Å². The zero-order valence-corrected chi connectivity index (χ0v) is 16.0. The average Bonchev–Trinajstić information content (AvgIpc) is 2.76. The van der Waals surface area contributed by atoms with E-state index in [2.05, 4.69) is 33.8 Å². The van der Waals surface area contributed by atoms with E-state index in [4.69, 9.17) is 16.3 Å². The lowest BCUT2D eigenvalue weighted by Crippen LogP contribution is -2.45. The van der Waals surface area contributed by atoms with Gasteiger partial charge >= 0.3 is 0 Å². The van der Waals surface area contributed by atoms with Crippen LogP contribution in [-0.4, -0.2) is 60.7 Å². The molecule has 0 unspecified atom stereocenters. The van der Waals surface area contributed by atoms with Crippen molar-refractivity contribution >= 4 is 22.5 Å². The minimum atomic E-state index is 0.674. The van der Waals surface area contributed by atoms with Crippen molar-refractivity contribution in [2.24, 2.45) is 5.92 Å². The summed E-state index contributed by atoms with van der Waals surface area (Å²) in [6.45, 7) is 8.71. The van der Waals surface area contributed by atoms with E-state index in [9.17, 15) is 0 Å². The van der Waals surface area contributed by atoms with Gasteiger partial charge in [-0.25, -0.2) is 0 Å². The van der Waals surface area contributed by atoms with Crippen LogP contribution in [0, 0.1) is 12.8 Å². The summed E-state index contributed by atoms with van der Waals surface area (Å²) in [5.74, 6) is 0.787. The molecule has 0 saturated carbocycles. The molecule has 25 heavy (non-hydrogen) atoms. The number of hydrogen-bond donors (Lipinski definition) is 1. The van der Waals surface area contributed by atoms with E-state index < -0.39 is 0 Å². The second-order valence-corrected chi connectivity index (χ2v) is 8.13. The lowest BCUT2D eigenvalue weighted by molar-refractivity contribution is 0.0867. The third kappa shape index (κ3) is 3.59. The van der Waals surface area contributed by atoms with Gasteiger partial charge in [-0.2, -0.15) is 0 Å². The third-order valence-corrected chi connectivity index (χ3v) is 6.23. The van der Waals surface area contributed by atoms with Crippen LogP contribution in [0.1, 0.15) is 24.1 Å². The first kappa shape index (κ1) is 17.3.